The molecule has 0 spiro atoms. The first kappa shape index (κ1) is 13.8. The predicted molar refractivity (Wildman–Crippen MR) is 85.3 cm³/mol. The predicted octanol–water partition coefficient (Wildman–Crippen LogP) is 4.31. The van der Waals surface area contributed by atoms with Gasteiger partial charge in [0.25, 0.3) is 0 Å². The lowest BCUT2D eigenvalue weighted by Crippen LogP contribution is -1.99. The summed E-state index contributed by atoms with van der Waals surface area (Å²) in [7, 11) is 0. The van der Waals surface area contributed by atoms with Crippen molar-refractivity contribution >= 4 is 11.8 Å². The molecule has 1 aromatic carbocycles. The Morgan fingerprint density at radius 3 is 2.33 bits per heavy atom. The molecule has 0 fully saturated rings. The van der Waals surface area contributed by atoms with E-state index in [-0.39, 0.29) is 0 Å². The van der Waals surface area contributed by atoms with Crippen molar-refractivity contribution in [3.05, 3.63) is 66.0 Å². The highest BCUT2D eigenvalue weighted by molar-refractivity contribution is 7.99. The fourth-order valence-corrected chi connectivity index (χ4v) is 2.86. The molecule has 104 valence electrons. The summed E-state index contributed by atoms with van der Waals surface area (Å²) >= 11 is 1.66. The van der Waals surface area contributed by atoms with Crippen LogP contribution in [0.4, 0.5) is 0 Å². The molecule has 0 unspecified atom stereocenters. The molecular weight excluding hydrogens is 278 g/mol. The lowest BCUT2D eigenvalue weighted by molar-refractivity contribution is 0.964. The van der Waals surface area contributed by atoms with Crippen molar-refractivity contribution in [1.29, 1.82) is 0 Å². The van der Waals surface area contributed by atoms with Gasteiger partial charge in [0.15, 0.2) is 5.82 Å². The third kappa shape index (κ3) is 3.11. The molecule has 0 N–H and O–H groups in total. The van der Waals surface area contributed by atoms with Crippen molar-refractivity contribution in [3.8, 4) is 11.5 Å². The fraction of sp³-hybridized carbons (Fsp3) is 0.118. The van der Waals surface area contributed by atoms with Gasteiger partial charge in [-0.15, -0.1) is 0 Å². The Labute approximate surface area is 128 Å². The first-order valence-corrected chi connectivity index (χ1v) is 7.55. The molecule has 0 saturated carbocycles. The highest BCUT2D eigenvalue weighted by Gasteiger charge is 2.11. The summed E-state index contributed by atoms with van der Waals surface area (Å²) in [6.07, 6.45) is 1.76. The van der Waals surface area contributed by atoms with Gasteiger partial charge in [-0.3, -0.25) is 4.98 Å². The molecular formula is C17H15N3S. The Balaban J connectivity index is 2.02. The molecule has 0 aliphatic carbocycles. The number of aromatic nitrogens is 3. The number of hydrogen-bond acceptors (Lipinski definition) is 4. The van der Waals surface area contributed by atoms with Crippen LogP contribution in [0.5, 0.6) is 0 Å². The Hall–Kier alpha value is -2.20. The maximum absolute atomic E-state index is 4.69. The van der Waals surface area contributed by atoms with Crippen LogP contribution >= 0.6 is 11.8 Å². The smallest absolute Gasteiger partial charge is 0.179 e. The molecule has 0 amide bonds. The van der Waals surface area contributed by atoms with E-state index in [0.29, 0.717) is 5.82 Å². The highest BCUT2D eigenvalue weighted by Crippen LogP contribution is 2.30. The molecule has 2 heterocycles. The van der Waals surface area contributed by atoms with Crippen LogP contribution in [0.25, 0.3) is 11.5 Å². The van der Waals surface area contributed by atoms with E-state index in [4.69, 9.17) is 0 Å². The monoisotopic (exact) mass is 293 g/mol. The largest absolute Gasteiger partial charge is 0.253 e. The number of nitrogens with zero attached hydrogens (tertiary/aromatic N) is 3. The van der Waals surface area contributed by atoms with Gasteiger partial charge in [-0.2, -0.15) is 0 Å². The third-order valence-electron chi connectivity index (χ3n) is 3.20. The lowest BCUT2D eigenvalue weighted by Gasteiger charge is -2.09. The molecule has 0 saturated heterocycles. The van der Waals surface area contributed by atoms with Gasteiger partial charge in [-0.1, -0.05) is 36.0 Å². The topological polar surface area (TPSA) is 38.7 Å². The number of hydrogen-bond donors (Lipinski definition) is 0. The van der Waals surface area contributed by atoms with Crippen LogP contribution in [0.1, 0.15) is 11.3 Å². The van der Waals surface area contributed by atoms with Gasteiger partial charge in [-0.05, 0) is 38.1 Å². The van der Waals surface area contributed by atoms with E-state index in [0.717, 1.165) is 22.0 Å². The summed E-state index contributed by atoms with van der Waals surface area (Å²) < 4.78 is 0. The van der Waals surface area contributed by atoms with E-state index in [1.165, 1.54) is 4.90 Å². The number of benzene rings is 1. The molecule has 4 heteroatoms. The summed E-state index contributed by atoms with van der Waals surface area (Å²) in [4.78, 5) is 14.8. The van der Waals surface area contributed by atoms with Crippen LogP contribution in [0.3, 0.4) is 0 Å². The van der Waals surface area contributed by atoms with Crippen molar-refractivity contribution in [1.82, 2.24) is 15.0 Å². The number of pyridine rings is 1. The van der Waals surface area contributed by atoms with E-state index >= 15 is 0 Å². The van der Waals surface area contributed by atoms with Gasteiger partial charge in [0.1, 0.15) is 10.7 Å². The zero-order valence-electron chi connectivity index (χ0n) is 11.9. The third-order valence-corrected chi connectivity index (χ3v) is 4.29. The quantitative estimate of drug-likeness (QED) is 0.675. The summed E-state index contributed by atoms with van der Waals surface area (Å²) in [5.74, 6) is 0.678. The van der Waals surface area contributed by atoms with E-state index in [2.05, 4.69) is 34.0 Å². The normalized spacial score (nSPS) is 10.6. The molecule has 21 heavy (non-hydrogen) atoms. The van der Waals surface area contributed by atoms with E-state index in [1.54, 1.807) is 18.0 Å². The molecule has 3 aromatic rings. The second-order valence-electron chi connectivity index (χ2n) is 4.69. The van der Waals surface area contributed by atoms with Crippen molar-refractivity contribution in [2.24, 2.45) is 0 Å². The van der Waals surface area contributed by atoms with Gasteiger partial charge in [0.2, 0.25) is 0 Å². The van der Waals surface area contributed by atoms with Gasteiger partial charge in [0.05, 0.1) is 0 Å². The van der Waals surface area contributed by atoms with Gasteiger partial charge in [-0.25, -0.2) is 9.97 Å². The average Bonchev–Trinajstić information content (AvgIpc) is 2.53. The molecule has 0 radical (unpaired) electrons. The van der Waals surface area contributed by atoms with Crippen molar-refractivity contribution in [2.45, 2.75) is 23.8 Å². The minimum atomic E-state index is 0.678. The average molecular weight is 293 g/mol. The first-order chi connectivity index (χ1) is 10.2. The Morgan fingerprint density at radius 1 is 0.857 bits per heavy atom. The SMILES string of the molecule is Cc1nc(-c2ccccn2)nc(Sc2ccccc2)c1C. The van der Waals surface area contributed by atoms with Gasteiger partial charge < -0.3 is 0 Å². The minimum Gasteiger partial charge on any atom is -0.253 e. The van der Waals surface area contributed by atoms with E-state index in [1.807, 2.05) is 43.3 Å². The zero-order valence-corrected chi connectivity index (χ0v) is 12.8. The number of rotatable bonds is 3. The maximum Gasteiger partial charge on any atom is 0.179 e. The Morgan fingerprint density at radius 2 is 1.62 bits per heavy atom. The zero-order chi connectivity index (χ0) is 14.7. The summed E-state index contributed by atoms with van der Waals surface area (Å²) in [5.41, 5.74) is 2.91. The minimum absolute atomic E-state index is 0.678. The molecule has 0 aliphatic rings. The van der Waals surface area contributed by atoms with Crippen molar-refractivity contribution < 1.29 is 0 Å². The molecule has 3 nitrogen and oxygen atoms in total. The van der Waals surface area contributed by atoms with E-state index < -0.39 is 0 Å². The first-order valence-electron chi connectivity index (χ1n) is 6.73. The highest BCUT2D eigenvalue weighted by atomic mass is 32.2. The van der Waals surface area contributed by atoms with Crippen LogP contribution < -0.4 is 0 Å². The van der Waals surface area contributed by atoms with Crippen LogP contribution in [0, 0.1) is 13.8 Å². The maximum atomic E-state index is 4.69. The molecule has 3 rings (SSSR count). The van der Waals surface area contributed by atoms with Crippen LogP contribution in [-0.4, -0.2) is 15.0 Å². The van der Waals surface area contributed by atoms with Crippen LogP contribution in [0.2, 0.25) is 0 Å². The Kier molecular flexibility index (Phi) is 3.97. The van der Waals surface area contributed by atoms with Gasteiger partial charge in [0, 0.05) is 22.3 Å². The molecule has 0 aliphatic heterocycles. The standard InChI is InChI=1S/C17H15N3S/c1-12-13(2)19-16(15-10-6-7-11-18-15)20-17(12)21-14-8-4-3-5-9-14/h3-11H,1-2H3. The van der Waals surface area contributed by atoms with E-state index in [9.17, 15) is 0 Å². The molecule has 2 aromatic heterocycles. The summed E-state index contributed by atoms with van der Waals surface area (Å²) in [6.45, 7) is 4.07. The summed E-state index contributed by atoms with van der Waals surface area (Å²) in [6, 6.07) is 16.0. The lowest BCUT2D eigenvalue weighted by atomic mass is 10.2. The van der Waals surface area contributed by atoms with Crippen LogP contribution in [0.15, 0.2) is 64.6 Å². The second-order valence-corrected chi connectivity index (χ2v) is 5.76. The van der Waals surface area contributed by atoms with Gasteiger partial charge >= 0.3 is 0 Å². The Bertz CT molecular complexity index is 743. The fourth-order valence-electron chi connectivity index (χ4n) is 1.91. The van der Waals surface area contributed by atoms with Crippen LogP contribution in [-0.2, 0) is 0 Å². The van der Waals surface area contributed by atoms with Crippen molar-refractivity contribution in [2.75, 3.05) is 0 Å². The number of aryl methyl sites for hydroxylation is 1. The summed E-state index contributed by atoms with van der Waals surface area (Å²) in [5, 5.41) is 0.981. The van der Waals surface area contributed by atoms with Crippen molar-refractivity contribution in [3.63, 3.8) is 0 Å². The molecule has 0 atom stereocenters. The molecule has 0 bridgehead atoms. The second kappa shape index (κ2) is 6.06.